The van der Waals surface area contributed by atoms with Gasteiger partial charge < -0.3 is 19.1 Å². The van der Waals surface area contributed by atoms with Crippen LogP contribution in [-0.4, -0.2) is 35.5 Å². The Balaban J connectivity index is 1.22. The summed E-state index contributed by atoms with van der Waals surface area (Å²) in [6.45, 7) is 3.98. The third-order valence-electron chi connectivity index (χ3n) is 5.38. The summed E-state index contributed by atoms with van der Waals surface area (Å²) in [6.07, 6.45) is 5.90. The maximum atomic E-state index is 12.5. The van der Waals surface area contributed by atoms with Gasteiger partial charge in [0.1, 0.15) is 6.07 Å². The van der Waals surface area contributed by atoms with Gasteiger partial charge in [0.2, 0.25) is 17.5 Å². The second-order valence-corrected chi connectivity index (χ2v) is 8.60. The Bertz CT molecular complexity index is 1040. The van der Waals surface area contributed by atoms with Crippen LogP contribution < -0.4 is 10.2 Å². The number of nitrogens with one attached hydrogen (secondary N) is 1. The Labute approximate surface area is 184 Å². The monoisotopic (exact) mass is 439 g/mol. The molecule has 1 aliphatic heterocycles. The van der Waals surface area contributed by atoms with Crippen LogP contribution in [0.25, 0.3) is 11.7 Å². The van der Waals surface area contributed by atoms with Crippen LogP contribution >= 0.6 is 11.3 Å². The molecule has 31 heavy (non-hydrogen) atoms. The van der Waals surface area contributed by atoms with E-state index in [1.807, 2.05) is 11.8 Å². The molecule has 4 rings (SSSR count). The molecule has 0 radical (unpaired) electrons. The minimum atomic E-state index is -0.0177. The van der Waals surface area contributed by atoms with E-state index >= 15 is 0 Å². The lowest BCUT2D eigenvalue weighted by atomic mass is 9.96. The third-order valence-corrected chi connectivity index (χ3v) is 6.41. The number of carbonyl (C=O) groups is 1. The number of nitriles is 1. The summed E-state index contributed by atoms with van der Waals surface area (Å²) in [5, 5.41) is 15.7. The number of piperidine rings is 1. The average Bonchev–Trinajstić information content (AvgIpc) is 3.54. The molecule has 8 nitrogen and oxygen atoms in total. The average molecular weight is 440 g/mol. The predicted molar refractivity (Wildman–Crippen MR) is 117 cm³/mol. The Morgan fingerprint density at radius 2 is 2.19 bits per heavy atom. The summed E-state index contributed by atoms with van der Waals surface area (Å²) in [7, 11) is 0. The Morgan fingerprint density at radius 1 is 1.35 bits per heavy atom. The number of rotatable bonds is 8. The highest BCUT2D eigenvalue weighted by Crippen LogP contribution is 2.31. The number of unbranched alkanes of at least 4 members (excludes halogenated alkanes) is 1. The molecule has 0 bridgehead atoms. The van der Waals surface area contributed by atoms with Gasteiger partial charge in [0.25, 0.3) is 5.89 Å². The summed E-state index contributed by atoms with van der Waals surface area (Å²) in [4.78, 5) is 23.2. The number of furan rings is 1. The van der Waals surface area contributed by atoms with Crippen LogP contribution in [0.4, 0.5) is 5.88 Å². The van der Waals surface area contributed by atoms with Gasteiger partial charge >= 0.3 is 0 Å². The molecule has 3 aromatic rings. The summed E-state index contributed by atoms with van der Waals surface area (Å²) < 4.78 is 11.1. The van der Waals surface area contributed by atoms with Crippen molar-refractivity contribution in [3.8, 4) is 17.7 Å². The maximum Gasteiger partial charge on any atom is 0.266 e. The molecule has 1 amide bonds. The molecule has 1 N–H and O–H groups in total. The highest BCUT2D eigenvalue weighted by Gasteiger charge is 2.29. The molecule has 1 aliphatic rings. The van der Waals surface area contributed by atoms with Crippen molar-refractivity contribution in [1.29, 1.82) is 5.26 Å². The molecule has 3 aromatic heterocycles. The van der Waals surface area contributed by atoms with Crippen molar-refractivity contribution in [3.05, 3.63) is 40.2 Å². The normalized spacial score (nSPS) is 14.5. The largest absolute Gasteiger partial charge is 0.459 e. The zero-order valence-electron chi connectivity index (χ0n) is 17.5. The second-order valence-electron chi connectivity index (χ2n) is 7.65. The highest BCUT2D eigenvalue weighted by atomic mass is 32.1. The fraction of sp³-hybridized carbons (Fsp3) is 0.455. The van der Waals surface area contributed by atoms with E-state index in [0.717, 1.165) is 30.0 Å². The molecule has 1 saturated heterocycles. The van der Waals surface area contributed by atoms with E-state index in [2.05, 4.69) is 26.7 Å². The van der Waals surface area contributed by atoms with Gasteiger partial charge in [-0.05, 0) is 51.2 Å². The van der Waals surface area contributed by atoms with Crippen LogP contribution in [0.1, 0.15) is 42.1 Å². The zero-order chi connectivity index (χ0) is 21.6. The lowest BCUT2D eigenvalue weighted by molar-refractivity contribution is -0.125. The van der Waals surface area contributed by atoms with Crippen LogP contribution in [0.2, 0.25) is 0 Å². The molecule has 1 fully saturated rings. The molecule has 0 aliphatic carbocycles. The van der Waals surface area contributed by atoms with E-state index in [0.29, 0.717) is 50.0 Å². The molecular formula is C22H25N5O3S. The van der Waals surface area contributed by atoms with Crippen molar-refractivity contribution >= 4 is 23.1 Å². The minimum Gasteiger partial charge on any atom is -0.459 e. The number of hydrogen-bond donors (Lipinski definition) is 1. The number of anilines is 1. The number of aromatic nitrogens is 2. The number of nitrogens with zero attached hydrogens (tertiary/aromatic N) is 4. The Morgan fingerprint density at radius 3 is 2.87 bits per heavy atom. The van der Waals surface area contributed by atoms with Crippen LogP contribution in [0.5, 0.6) is 0 Å². The molecule has 0 atom stereocenters. The minimum absolute atomic E-state index is 0.0177. The SMILES string of the molecule is Cc1csc(CCCCNC(=O)C2CCN(c3oc(-c4ccco4)nc3C#N)CC2)n1. The summed E-state index contributed by atoms with van der Waals surface area (Å²) in [6, 6.07) is 5.58. The number of amides is 1. The maximum absolute atomic E-state index is 12.5. The van der Waals surface area contributed by atoms with Crippen molar-refractivity contribution < 1.29 is 13.6 Å². The van der Waals surface area contributed by atoms with Crippen molar-refractivity contribution in [1.82, 2.24) is 15.3 Å². The molecule has 162 valence electrons. The van der Waals surface area contributed by atoms with Gasteiger partial charge in [0, 0.05) is 36.6 Å². The first-order chi connectivity index (χ1) is 15.1. The Hall–Kier alpha value is -3.12. The highest BCUT2D eigenvalue weighted by molar-refractivity contribution is 7.09. The first-order valence-electron chi connectivity index (χ1n) is 10.5. The number of hydrogen-bond acceptors (Lipinski definition) is 8. The van der Waals surface area contributed by atoms with Gasteiger partial charge in [-0.3, -0.25) is 4.79 Å². The first kappa shape index (κ1) is 21.1. The summed E-state index contributed by atoms with van der Waals surface area (Å²) in [5.74, 6) is 1.33. The van der Waals surface area contributed by atoms with Crippen molar-refractivity contribution in [3.63, 3.8) is 0 Å². The number of oxazole rings is 1. The molecule has 0 spiro atoms. The van der Waals surface area contributed by atoms with Crippen LogP contribution in [0, 0.1) is 24.2 Å². The topological polar surface area (TPSA) is 108 Å². The van der Waals surface area contributed by atoms with E-state index in [-0.39, 0.29) is 17.5 Å². The van der Waals surface area contributed by atoms with E-state index in [9.17, 15) is 10.1 Å². The van der Waals surface area contributed by atoms with E-state index in [4.69, 9.17) is 8.83 Å². The first-order valence-corrected chi connectivity index (χ1v) is 11.4. The van der Waals surface area contributed by atoms with Crippen LogP contribution in [-0.2, 0) is 11.2 Å². The van der Waals surface area contributed by atoms with E-state index in [1.54, 1.807) is 23.5 Å². The van der Waals surface area contributed by atoms with Crippen molar-refractivity contribution in [2.45, 2.75) is 39.0 Å². The molecule has 4 heterocycles. The molecule has 0 unspecified atom stereocenters. The third kappa shape index (κ3) is 5.14. The standard InChI is InChI=1S/C22H25N5O3S/c1-15-14-31-19(25-15)6-2-3-9-24-20(28)16-7-10-27(11-8-16)22-17(13-23)26-21(30-22)18-5-4-12-29-18/h4-5,12,14,16H,2-3,6-11H2,1H3,(H,24,28). The van der Waals surface area contributed by atoms with Gasteiger partial charge in [-0.1, -0.05) is 0 Å². The molecule has 0 aromatic carbocycles. The van der Waals surface area contributed by atoms with Crippen LogP contribution in [0.3, 0.4) is 0 Å². The lowest BCUT2D eigenvalue weighted by Gasteiger charge is -2.30. The molecule has 9 heteroatoms. The van der Waals surface area contributed by atoms with Crippen molar-refractivity contribution in [2.75, 3.05) is 24.5 Å². The predicted octanol–water partition coefficient (Wildman–Crippen LogP) is 3.93. The van der Waals surface area contributed by atoms with Gasteiger partial charge in [0.15, 0.2) is 5.76 Å². The van der Waals surface area contributed by atoms with E-state index in [1.165, 1.54) is 6.26 Å². The van der Waals surface area contributed by atoms with Crippen LogP contribution in [0.15, 0.2) is 32.6 Å². The molecular weight excluding hydrogens is 414 g/mol. The fourth-order valence-electron chi connectivity index (χ4n) is 3.72. The second kappa shape index (κ2) is 9.79. The fourth-order valence-corrected chi connectivity index (χ4v) is 4.54. The van der Waals surface area contributed by atoms with Gasteiger partial charge in [-0.15, -0.1) is 11.3 Å². The summed E-state index contributed by atoms with van der Waals surface area (Å²) in [5.41, 5.74) is 1.31. The smallest absolute Gasteiger partial charge is 0.266 e. The lowest BCUT2D eigenvalue weighted by Crippen LogP contribution is -2.41. The Kier molecular flexibility index (Phi) is 6.67. The zero-order valence-corrected chi connectivity index (χ0v) is 18.3. The van der Waals surface area contributed by atoms with E-state index < -0.39 is 0 Å². The van der Waals surface area contributed by atoms with Crippen molar-refractivity contribution in [2.24, 2.45) is 5.92 Å². The number of carbonyl (C=O) groups excluding carboxylic acids is 1. The number of aryl methyl sites for hydroxylation is 2. The number of thiazole rings is 1. The van der Waals surface area contributed by atoms with Gasteiger partial charge in [0.05, 0.1) is 11.3 Å². The summed E-state index contributed by atoms with van der Waals surface area (Å²) >= 11 is 1.70. The molecule has 0 saturated carbocycles. The van der Waals surface area contributed by atoms with Gasteiger partial charge in [-0.25, -0.2) is 4.98 Å². The van der Waals surface area contributed by atoms with Gasteiger partial charge in [-0.2, -0.15) is 10.2 Å². The quantitative estimate of drug-likeness (QED) is 0.530.